The van der Waals surface area contributed by atoms with E-state index in [1.165, 1.54) is 9.78 Å². The molecule has 5 heteroatoms. The van der Waals surface area contributed by atoms with E-state index in [2.05, 4.69) is 0 Å². The zero-order valence-corrected chi connectivity index (χ0v) is 9.50. The van der Waals surface area contributed by atoms with Gasteiger partial charge in [0.2, 0.25) is 0 Å². The van der Waals surface area contributed by atoms with Crippen LogP contribution in [-0.2, 0) is 11.2 Å². The minimum atomic E-state index is -0.388. The molecule has 0 fully saturated rings. The summed E-state index contributed by atoms with van der Waals surface area (Å²) in [7, 11) is 1.69. The number of hydrogen-bond donors (Lipinski definition) is 1. The number of nitrogens with zero attached hydrogens (tertiary/aromatic N) is 1. The van der Waals surface area contributed by atoms with E-state index in [1.54, 1.807) is 18.4 Å². The molecule has 0 aliphatic carbocycles. The Morgan fingerprint density at radius 3 is 3.07 bits per heavy atom. The van der Waals surface area contributed by atoms with Crippen LogP contribution < -0.4 is 0 Å². The van der Waals surface area contributed by atoms with Crippen molar-refractivity contribution in [2.45, 2.75) is 6.42 Å². The number of carbonyl (C=O) groups is 1. The normalized spacial score (nSPS) is 10.0. The highest BCUT2D eigenvalue weighted by atomic mass is 32.1. The highest BCUT2D eigenvalue weighted by Gasteiger charge is 2.09. The van der Waals surface area contributed by atoms with Gasteiger partial charge in [-0.3, -0.25) is 0 Å². The minimum Gasteiger partial charge on any atom is -0.447 e. The van der Waals surface area contributed by atoms with Crippen LogP contribution in [0.4, 0.5) is 4.79 Å². The summed E-state index contributed by atoms with van der Waals surface area (Å²) >= 11 is 1.68. The molecule has 0 aliphatic rings. The predicted molar refractivity (Wildman–Crippen MR) is 59.1 cm³/mol. The fraction of sp³-hybridized carbons (Fsp3) is 0.500. The summed E-state index contributed by atoms with van der Waals surface area (Å²) in [6.07, 6.45) is 0.447. The van der Waals surface area contributed by atoms with Crippen molar-refractivity contribution in [3.05, 3.63) is 22.4 Å². The number of carbonyl (C=O) groups excluding carboxylic acids is 1. The maximum absolute atomic E-state index is 11.3. The van der Waals surface area contributed by atoms with Crippen molar-refractivity contribution in [3.8, 4) is 0 Å². The second-order valence-electron chi connectivity index (χ2n) is 3.09. The summed E-state index contributed by atoms with van der Waals surface area (Å²) in [5, 5.41) is 10.5. The lowest BCUT2D eigenvalue weighted by Gasteiger charge is -2.15. The van der Waals surface area contributed by atoms with Crippen molar-refractivity contribution in [2.75, 3.05) is 26.8 Å². The third-order valence-electron chi connectivity index (χ3n) is 1.90. The molecule has 1 amide bonds. The second-order valence-corrected chi connectivity index (χ2v) is 4.12. The Bertz CT molecular complexity index is 287. The highest BCUT2D eigenvalue weighted by molar-refractivity contribution is 7.09. The molecule has 0 radical (unpaired) electrons. The first-order valence-corrected chi connectivity index (χ1v) is 5.63. The molecule has 1 aromatic heterocycles. The Hall–Kier alpha value is -1.07. The van der Waals surface area contributed by atoms with Gasteiger partial charge in [0.1, 0.15) is 6.61 Å². The van der Waals surface area contributed by atoms with Crippen molar-refractivity contribution in [3.63, 3.8) is 0 Å². The molecule has 0 spiro atoms. The van der Waals surface area contributed by atoms with Gasteiger partial charge in [0.25, 0.3) is 0 Å². The van der Waals surface area contributed by atoms with Crippen molar-refractivity contribution in [1.29, 1.82) is 0 Å². The zero-order chi connectivity index (χ0) is 11.1. The molecule has 15 heavy (non-hydrogen) atoms. The molecule has 84 valence electrons. The number of aliphatic hydroxyl groups excluding tert-OH is 1. The van der Waals surface area contributed by atoms with Crippen molar-refractivity contribution in [1.82, 2.24) is 4.90 Å². The van der Waals surface area contributed by atoms with Gasteiger partial charge in [0.05, 0.1) is 6.61 Å². The number of rotatable bonds is 5. The van der Waals surface area contributed by atoms with Crippen LogP contribution in [0.1, 0.15) is 4.88 Å². The number of ether oxygens (including phenoxy) is 1. The smallest absolute Gasteiger partial charge is 0.409 e. The van der Waals surface area contributed by atoms with Gasteiger partial charge < -0.3 is 14.7 Å². The molecule has 0 unspecified atom stereocenters. The third-order valence-corrected chi connectivity index (χ3v) is 2.84. The minimum absolute atomic E-state index is 0.0577. The fourth-order valence-electron chi connectivity index (χ4n) is 1.07. The van der Waals surface area contributed by atoms with E-state index in [1.807, 2.05) is 17.5 Å². The van der Waals surface area contributed by atoms with Gasteiger partial charge in [-0.2, -0.15) is 0 Å². The van der Waals surface area contributed by atoms with Gasteiger partial charge in [0.15, 0.2) is 0 Å². The first-order valence-electron chi connectivity index (χ1n) is 4.75. The summed E-state index contributed by atoms with van der Waals surface area (Å²) in [5.41, 5.74) is 0. The molecule has 1 heterocycles. The Balaban J connectivity index is 2.23. The monoisotopic (exact) mass is 229 g/mol. The van der Waals surface area contributed by atoms with E-state index >= 15 is 0 Å². The van der Waals surface area contributed by atoms with E-state index < -0.39 is 0 Å². The number of aliphatic hydroxyl groups is 1. The van der Waals surface area contributed by atoms with E-state index in [9.17, 15) is 4.79 Å². The molecule has 0 saturated heterocycles. The Kier molecular flexibility index (Phi) is 5.14. The van der Waals surface area contributed by atoms with Crippen LogP contribution in [0.3, 0.4) is 0 Å². The molecular formula is C10H15NO3S. The van der Waals surface area contributed by atoms with E-state index in [0.717, 1.165) is 6.42 Å². The van der Waals surface area contributed by atoms with Crippen LogP contribution in [0.2, 0.25) is 0 Å². The van der Waals surface area contributed by atoms with E-state index in [-0.39, 0.29) is 19.3 Å². The highest BCUT2D eigenvalue weighted by Crippen LogP contribution is 2.09. The van der Waals surface area contributed by atoms with Crippen LogP contribution in [0.5, 0.6) is 0 Å². The van der Waals surface area contributed by atoms with Crippen LogP contribution in [-0.4, -0.2) is 42.9 Å². The van der Waals surface area contributed by atoms with Crippen LogP contribution in [0.15, 0.2) is 17.5 Å². The Labute approximate surface area is 93.1 Å². The summed E-state index contributed by atoms with van der Waals surface area (Å²) in [5.74, 6) is 0. The van der Waals surface area contributed by atoms with Gasteiger partial charge in [-0.1, -0.05) is 6.07 Å². The number of thiophene rings is 1. The quantitative estimate of drug-likeness (QED) is 0.829. The molecule has 1 aromatic rings. The number of likely N-dealkylation sites (N-methyl/N-ethyl adjacent to an activating group) is 1. The van der Waals surface area contributed by atoms with Gasteiger partial charge in [-0.15, -0.1) is 11.3 Å². The summed E-state index contributed by atoms with van der Waals surface area (Å²) < 4.78 is 4.76. The van der Waals surface area contributed by atoms with Crippen molar-refractivity contribution >= 4 is 17.4 Å². The molecule has 0 aromatic carbocycles. The molecule has 0 aliphatic heterocycles. The molecule has 0 bridgehead atoms. The molecule has 0 atom stereocenters. The summed E-state index contributed by atoms with van der Waals surface area (Å²) in [6, 6.07) is 4.03. The van der Waals surface area contributed by atoms with Crippen LogP contribution >= 0.6 is 11.3 Å². The Morgan fingerprint density at radius 1 is 1.67 bits per heavy atom. The largest absolute Gasteiger partial charge is 0.447 e. The molecule has 4 nitrogen and oxygen atoms in total. The SMILES string of the molecule is CN(CCc1cccs1)C(=O)OCCO. The third kappa shape index (κ3) is 4.31. The Morgan fingerprint density at radius 2 is 2.47 bits per heavy atom. The first kappa shape index (κ1) is 12.0. The topological polar surface area (TPSA) is 49.8 Å². The first-order chi connectivity index (χ1) is 7.24. The fourth-order valence-corrected chi connectivity index (χ4v) is 1.77. The van der Waals surface area contributed by atoms with Crippen molar-refractivity contribution in [2.24, 2.45) is 0 Å². The van der Waals surface area contributed by atoms with E-state index in [0.29, 0.717) is 6.54 Å². The molecular weight excluding hydrogens is 214 g/mol. The van der Waals surface area contributed by atoms with Gasteiger partial charge in [0, 0.05) is 18.5 Å². The van der Waals surface area contributed by atoms with Gasteiger partial charge in [-0.05, 0) is 17.9 Å². The van der Waals surface area contributed by atoms with Gasteiger partial charge >= 0.3 is 6.09 Å². The molecule has 1 N–H and O–H groups in total. The lowest BCUT2D eigenvalue weighted by molar-refractivity contribution is 0.0914. The number of hydrogen-bond acceptors (Lipinski definition) is 4. The second kappa shape index (κ2) is 6.42. The maximum Gasteiger partial charge on any atom is 0.409 e. The van der Waals surface area contributed by atoms with Crippen LogP contribution in [0.25, 0.3) is 0 Å². The van der Waals surface area contributed by atoms with E-state index in [4.69, 9.17) is 9.84 Å². The predicted octanol–water partition coefficient (Wildman–Crippen LogP) is 1.35. The average molecular weight is 229 g/mol. The standard InChI is InChI=1S/C10H15NO3S/c1-11(10(13)14-7-6-12)5-4-9-3-2-8-15-9/h2-3,8,12H,4-7H2,1H3. The summed E-state index contributed by atoms with van der Waals surface area (Å²) in [4.78, 5) is 14.0. The summed E-state index contributed by atoms with van der Waals surface area (Å²) in [6.45, 7) is 0.553. The maximum atomic E-state index is 11.3. The molecule has 0 saturated carbocycles. The van der Waals surface area contributed by atoms with Gasteiger partial charge in [-0.25, -0.2) is 4.79 Å². The lowest BCUT2D eigenvalue weighted by atomic mass is 10.3. The molecule has 1 rings (SSSR count). The zero-order valence-electron chi connectivity index (χ0n) is 8.68. The number of amides is 1. The van der Waals surface area contributed by atoms with Crippen molar-refractivity contribution < 1.29 is 14.6 Å². The average Bonchev–Trinajstić information content (AvgIpc) is 2.75. The van der Waals surface area contributed by atoms with Crippen LogP contribution in [0, 0.1) is 0 Å². The lowest BCUT2D eigenvalue weighted by Crippen LogP contribution is -2.30.